The molecule has 0 unspecified atom stereocenters. The minimum Gasteiger partial charge on any atom is -0.493 e. The summed E-state index contributed by atoms with van der Waals surface area (Å²) in [5.74, 6) is -0.407. The van der Waals surface area contributed by atoms with E-state index in [9.17, 15) is 23.3 Å². The van der Waals surface area contributed by atoms with E-state index < -0.39 is 15.0 Å². The van der Waals surface area contributed by atoms with Gasteiger partial charge in [-0.1, -0.05) is 24.3 Å². The first-order valence-electron chi connectivity index (χ1n) is 10.2. The van der Waals surface area contributed by atoms with Gasteiger partial charge in [-0.25, -0.2) is 5.43 Å². The van der Waals surface area contributed by atoms with Crippen molar-refractivity contribution in [3.05, 3.63) is 88.0 Å². The quantitative estimate of drug-likeness (QED) is 0.187. The molecule has 0 saturated carbocycles. The van der Waals surface area contributed by atoms with Crippen LogP contribution in [0.4, 0.5) is 11.4 Å². The van der Waals surface area contributed by atoms with Crippen LogP contribution in [0.5, 0.6) is 11.5 Å². The van der Waals surface area contributed by atoms with E-state index in [4.69, 9.17) is 8.92 Å². The molecule has 0 bridgehead atoms. The third-order valence-electron chi connectivity index (χ3n) is 4.68. The van der Waals surface area contributed by atoms with Crippen LogP contribution < -0.4 is 19.7 Å². The van der Waals surface area contributed by atoms with E-state index in [-0.39, 0.29) is 34.5 Å². The van der Waals surface area contributed by atoms with Gasteiger partial charge in [0.05, 0.1) is 24.8 Å². The lowest BCUT2D eigenvalue weighted by atomic mass is 10.2. The molecule has 0 saturated heterocycles. The van der Waals surface area contributed by atoms with E-state index in [1.54, 1.807) is 0 Å². The van der Waals surface area contributed by atoms with Gasteiger partial charge in [-0.15, -0.1) is 0 Å². The summed E-state index contributed by atoms with van der Waals surface area (Å²) in [4.78, 5) is 22.0. The molecule has 182 valence electrons. The van der Waals surface area contributed by atoms with Gasteiger partial charge in [0.1, 0.15) is 4.90 Å². The lowest BCUT2D eigenvalue weighted by molar-refractivity contribution is -0.385. The number of benzene rings is 3. The van der Waals surface area contributed by atoms with Crippen LogP contribution >= 0.6 is 0 Å². The average molecular weight is 499 g/mol. The van der Waals surface area contributed by atoms with Crippen LogP contribution in [0.1, 0.15) is 11.1 Å². The molecular formula is C23H22N4O7S. The van der Waals surface area contributed by atoms with Crippen LogP contribution in [0, 0.1) is 17.0 Å². The maximum absolute atomic E-state index is 12.7. The minimum atomic E-state index is -4.37. The van der Waals surface area contributed by atoms with Gasteiger partial charge in [-0.2, -0.15) is 13.5 Å². The van der Waals surface area contributed by atoms with Crippen LogP contribution in [-0.4, -0.2) is 39.1 Å². The van der Waals surface area contributed by atoms with E-state index in [1.807, 2.05) is 30.3 Å². The van der Waals surface area contributed by atoms with Crippen molar-refractivity contribution in [3.8, 4) is 11.5 Å². The topological polar surface area (TPSA) is 149 Å². The Hall–Kier alpha value is -4.45. The van der Waals surface area contributed by atoms with Gasteiger partial charge >= 0.3 is 10.1 Å². The number of hydrogen-bond donors (Lipinski definition) is 2. The molecule has 0 aromatic heterocycles. The molecule has 0 aliphatic rings. The normalized spacial score (nSPS) is 11.1. The van der Waals surface area contributed by atoms with E-state index in [1.165, 1.54) is 50.6 Å². The molecule has 1 amide bonds. The zero-order chi connectivity index (χ0) is 25.4. The van der Waals surface area contributed by atoms with Gasteiger partial charge in [-0.05, 0) is 48.9 Å². The summed E-state index contributed by atoms with van der Waals surface area (Å²) in [6, 6.07) is 17.0. The van der Waals surface area contributed by atoms with E-state index >= 15 is 0 Å². The molecule has 0 aliphatic carbocycles. The van der Waals surface area contributed by atoms with Crippen molar-refractivity contribution in [2.45, 2.75) is 11.8 Å². The van der Waals surface area contributed by atoms with E-state index in [0.29, 0.717) is 11.1 Å². The number of hydrazone groups is 1. The van der Waals surface area contributed by atoms with Gasteiger partial charge in [0.2, 0.25) is 0 Å². The number of nitrogens with one attached hydrogen (secondary N) is 2. The number of anilines is 1. The smallest absolute Gasteiger partial charge is 0.339 e. The van der Waals surface area contributed by atoms with Crippen LogP contribution in [0.25, 0.3) is 0 Å². The highest BCUT2D eigenvalue weighted by Gasteiger charge is 2.23. The van der Waals surface area contributed by atoms with Crippen LogP contribution in [-0.2, 0) is 14.9 Å². The lowest BCUT2D eigenvalue weighted by Gasteiger charge is -2.11. The Labute approximate surface area is 201 Å². The van der Waals surface area contributed by atoms with Gasteiger partial charge in [0, 0.05) is 17.3 Å². The second kappa shape index (κ2) is 11.1. The minimum absolute atomic E-state index is 0.0203. The summed E-state index contributed by atoms with van der Waals surface area (Å²) in [5.41, 5.74) is 3.64. The summed E-state index contributed by atoms with van der Waals surface area (Å²) < 4.78 is 35.7. The third kappa shape index (κ3) is 6.77. The largest absolute Gasteiger partial charge is 0.493 e. The van der Waals surface area contributed by atoms with Crippen LogP contribution in [0.15, 0.2) is 76.7 Å². The Morgan fingerprint density at radius 2 is 1.83 bits per heavy atom. The molecule has 11 nitrogen and oxygen atoms in total. The molecule has 3 rings (SSSR count). The van der Waals surface area contributed by atoms with Crippen molar-refractivity contribution < 1.29 is 27.1 Å². The summed E-state index contributed by atoms with van der Waals surface area (Å²) in [5, 5.41) is 18.0. The highest BCUT2D eigenvalue weighted by molar-refractivity contribution is 7.87. The third-order valence-corrected chi connectivity index (χ3v) is 5.91. The molecule has 3 aromatic rings. The molecule has 0 aliphatic heterocycles. The molecule has 2 N–H and O–H groups in total. The maximum Gasteiger partial charge on any atom is 0.339 e. The maximum atomic E-state index is 12.7. The zero-order valence-corrected chi connectivity index (χ0v) is 19.6. The highest BCUT2D eigenvalue weighted by Crippen LogP contribution is 2.31. The summed E-state index contributed by atoms with van der Waals surface area (Å²) >= 11 is 0. The second-order valence-corrected chi connectivity index (χ2v) is 8.71. The first kappa shape index (κ1) is 25.2. The van der Waals surface area contributed by atoms with Crippen molar-refractivity contribution in [2.24, 2.45) is 5.10 Å². The van der Waals surface area contributed by atoms with E-state index in [0.717, 1.165) is 11.8 Å². The molecule has 0 fully saturated rings. The number of methoxy groups -OCH3 is 1. The molecule has 0 radical (unpaired) electrons. The molecule has 3 aromatic carbocycles. The Balaban J connectivity index is 1.67. The molecular weight excluding hydrogens is 476 g/mol. The molecule has 35 heavy (non-hydrogen) atoms. The summed E-state index contributed by atoms with van der Waals surface area (Å²) in [6.45, 7) is 1.52. The second-order valence-electron chi connectivity index (χ2n) is 7.17. The average Bonchev–Trinajstić information content (AvgIpc) is 2.84. The highest BCUT2D eigenvalue weighted by atomic mass is 32.2. The number of para-hydroxylation sites is 1. The number of ether oxygens (including phenoxy) is 1. The Bertz CT molecular complexity index is 1360. The van der Waals surface area contributed by atoms with Gasteiger partial charge in [-0.3, -0.25) is 14.9 Å². The number of nitro groups is 1. The van der Waals surface area contributed by atoms with Gasteiger partial charge in [0.15, 0.2) is 11.5 Å². The Morgan fingerprint density at radius 1 is 1.09 bits per heavy atom. The van der Waals surface area contributed by atoms with Crippen molar-refractivity contribution in [2.75, 3.05) is 19.0 Å². The number of amides is 1. The first-order valence-corrected chi connectivity index (χ1v) is 11.6. The number of rotatable bonds is 10. The fourth-order valence-corrected chi connectivity index (χ4v) is 3.86. The number of carbonyl (C=O) groups excluding carboxylic acids is 1. The number of hydrogen-bond acceptors (Lipinski definition) is 9. The monoisotopic (exact) mass is 498 g/mol. The summed E-state index contributed by atoms with van der Waals surface area (Å²) in [7, 11) is -3.05. The number of aryl methyl sites for hydroxylation is 1. The fourth-order valence-electron chi connectivity index (χ4n) is 2.90. The number of nitrogens with zero attached hydrogens (tertiary/aromatic N) is 2. The molecule has 12 heteroatoms. The van der Waals surface area contributed by atoms with Crippen molar-refractivity contribution in [1.82, 2.24) is 5.43 Å². The molecule has 0 spiro atoms. The number of carbonyl (C=O) groups is 1. The predicted octanol–water partition coefficient (Wildman–Crippen LogP) is 3.24. The molecule has 0 atom stereocenters. The van der Waals surface area contributed by atoms with Gasteiger partial charge < -0.3 is 14.2 Å². The van der Waals surface area contributed by atoms with Crippen LogP contribution in [0.2, 0.25) is 0 Å². The SMILES string of the molecule is COc1cc(/C=N\NC(=O)CNc2ccccc2)ccc1OS(=O)(=O)c1ccc(C)c([N+](=O)[O-])c1. The first-order chi connectivity index (χ1) is 16.7. The fraction of sp³-hybridized carbons (Fsp3) is 0.130. The van der Waals surface area contributed by atoms with Gasteiger partial charge in [0.25, 0.3) is 11.6 Å². The predicted molar refractivity (Wildman–Crippen MR) is 129 cm³/mol. The van der Waals surface area contributed by atoms with Crippen molar-refractivity contribution >= 4 is 33.6 Å². The standard InChI is InChI=1S/C23H22N4O7S/c1-16-8-10-19(13-20(16)27(29)30)35(31,32)34-21-11-9-17(12-22(21)33-2)14-25-26-23(28)15-24-18-6-4-3-5-7-18/h3-14,24H,15H2,1-2H3,(H,26,28)/b25-14-. The molecule has 0 heterocycles. The summed E-state index contributed by atoms with van der Waals surface area (Å²) in [6.07, 6.45) is 1.35. The van der Waals surface area contributed by atoms with Crippen molar-refractivity contribution in [3.63, 3.8) is 0 Å². The zero-order valence-electron chi connectivity index (χ0n) is 18.8. The number of nitro benzene ring substituents is 1. The lowest BCUT2D eigenvalue weighted by Crippen LogP contribution is -2.25. The van der Waals surface area contributed by atoms with Crippen LogP contribution in [0.3, 0.4) is 0 Å². The Morgan fingerprint density at radius 3 is 2.51 bits per heavy atom. The van der Waals surface area contributed by atoms with Crippen molar-refractivity contribution in [1.29, 1.82) is 0 Å². The van der Waals surface area contributed by atoms with E-state index in [2.05, 4.69) is 15.8 Å². The Kier molecular flexibility index (Phi) is 8.00.